The van der Waals surface area contributed by atoms with Crippen LogP contribution in [0.1, 0.15) is 50.7 Å². The van der Waals surface area contributed by atoms with E-state index in [2.05, 4.69) is 29.6 Å². The average molecular weight is 465 g/mol. The second-order valence-electron chi connectivity index (χ2n) is 9.71. The Morgan fingerprint density at radius 3 is 2.24 bits per heavy atom. The SMILES string of the molecule is CCC(C)C(NC(=O)OCC1c2ccccc2-c2ccccc21)C(=O)N1CCC(C)(C(=O)O)C1. The first-order chi connectivity index (χ1) is 16.2. The van der Waals surface area contributed by atoms with E-state index in [9.17, 15) is 19.5 Å². The lowest BCUT2D eigenvalue weighted by atomic mass is 9.90. The zero-order chi connectivity index (χ0) is 24.5. The quantitative estimate of drug-likeness (QED) is 0.638. The van der Waals surface area contributed by atoms with Gasteiger partial charge in [0.2, 0.25) is 5.91 Å². The molecule has 4 rings (SSSR count). The molecular weight excluding hydrogens is 432 g/mol. The number of hydrogen-bond donors (Lipinski definition) is 2. The summed E-state index contributed by atoms with van der Waals surface area (Å²) in [5.41, 5.74) is 3.58. The van der Waals surface area contributed by atoms with Crippen LogP contribution in [0.2, 0.25) is 0 Å². The molecule has 1 aliphatic heterocycles. The molecule has 2 N–H and O–H groups in total. The van der Waals surface area contributed by atoms with Crippen LogP contribution in [-0.2, 0) is 14.3 Å². The van der Waals surface area contributed by atoms with Crippen LogP contribution in [0.25, 0.3) is 11.1 Å². The van der Waals surface area contributed by atoms with Gasteiger partial charge in [-0.15, -0.1) is 0 Å². The van der Waals surface area contributed by atoms with Gasteiger partial charge in [-0.3, -0.25) is 9.59 Å². The van der Waals surface area contributed by atoms with Gasteiger partial charge in [0.15, 0.2) is 0 Å². The van der Waals surface area contributed by atoms with Gasteiger partial charge in [0.1, 0.15) is 12.6 Å². The monoisotopic (exact) mass is 464 g/mol. The standard InChI is InChI=1S/C27H32N2O5/c1-4-17(2)23(24(30)29-14-13-27(3,16-29)25(31)32)28-26(33)34-15-22-20-11-7-5-9-18(20)19-10-6-8-12-21(19)22/h5-12,17,22-23H,4,13-16H2,1-3H3,(H,28,33)(H,31,32). The zero-order valence-corrected chi connectivity index (χ0v) is 19.9. The van der Waals surface area contributed by atoms with Crippen molar-refractivity contribution in [1.29, 1.82) is 0 Å². The van der Waals surface area contributed by atoms with Crippen molar-refractivity contribution in [3.8, 4) is 11.1 Å². The molecule has 1 saturated heterocycles. The van der Waals surface area contributed by atoms with E-state index in [0.717, 1.165) is 22.3 Å². The highest BCUT2D eigenvalue weighted by molar-refractivity contribution is 5.87. The highest BCUT2D eigenvalue weighted by Gasteiger charge is 2.44. The number of carboxylic acids is 1. The number of hydrogen-bond acceptors (Lipinski definition) is 4. The first kappa shape index (κ1) is 23.8. The first-order valence-electron chi connectivity index (χ1n) is 11.9. The van der Waals surface area contributed by atoms with E-state index in [4.69, 9.17) is 4.74 Å². The van der Waals surface area contributed by atoms with Gasteiger partial charge in [0.25, 0.3) is 0 Å². The Balaban J connectivity index is 1.43. The van der Waals surface area contributed by atoms with Crippen molar-refractivity contribution in [2.24, 2.45) is 11.3 Å². The topological polar surface area (TPSA) is 95.9 Å². The molecule has 2 amide bonds. The smallest absolute Gasteiger partial charge is 0.407 e. The maximum atomic E-state index is 13.2. The van der Waals surface area contributed by atoms with Crippen molar-refractivity contribution in [2.75, 3.05) is 19.7 Å². The van der Waals surface area contributed by atoms with Crippen LogP contribution in [0, 0.1) is 11.3 Å². The van der Waals surface area contributed by atoms with E-state index in [0.29, 0.717) is 19.4 Å². The molecule has 7 heteroatoms. The second kappa shape index (κ2) is 9.49. The zero-order valence-electron chi connectivity index (χ0n) is 19.9. The largest absolute Gasteiger partial charge is 0.481 e. The van der Waals surface area contributed by atoms with Gasteiger partial charge in [0, 0.05) is 19.0 Å². The van der Waals surface area contributed by atoms with Gasteiger partial charge < -0.3 is 20.1 Å². The van der Waals surface area contributed by atoms with Crippen molar-refractivity contribution < 1.29 is 24.2 Å². The lowest BCUT2D eigenvalue weighted by molar-refractivity contribution is -0.147. The van der Waals surface area contributed by atoms with Crippen LogP contribution >= 0.6 is 0 Å². The van der Waals surface area contributed by atoms with Crippen LogP contribution in [0.3, 0.4) is 0 Å². The number of likely N-dealkylation sites (tertiary alicyclic amines) is 1. The normalized spacial score (nSPS) is 20.9. The summed E-state index contributed by atoms with van der Waals surface area (Å²) in [6, 6.07) is 15.5. The van der Waals surface area contributed by atoms with Crippen molar-refractivity contribution in [1.82, 2.24) is 10.2 Å². The Morgan fingerprint density at radius 1 is 1.12 bits per heavy atom. The summed E-state index contributed by atoms with van der Waals surface area (Å²) in [6.45, 7) is 6.18. The van der Waals surface area contributed by atoms with Gasteiger partial charge in [-0.25, -0.2) is 4.79 Å². The third kappa shape index (κ3) is 4.39. The average Bonchev–Trinajstić information content (AvgIpc) is 3.40. The molecule has 1 heterocycles. The van der Waals surface area contributed by atoms with Gasteiger partial charge in [-0.1, -0.05) is 68.8 Å². The molecule has 3 atom stereocenters. The summed E-state index contributed by atoms with van der Waals surface area (Å²) in [6.07, 6.45) is 0.441. The van der Waals surface area contributed by atoms with Gasteiger partial charge in [-0.2, -0.15) is 0 Å². The van der Waals surface area contributed by atoms with Crippen LogP contribution in [0.5, 0.6) is 0 Å². The van der Waals surface area contributed by atoms with Gasteiger partial charge in [-0.05, 0) is 41.5 Å². The summed E-state index contributed by atoms with van der Waals surface area (Å²) in [5.74, 6) is -1.35. The molecular formula is C27H32N2O5. The van der Waals surface area contributed by atoms with E-state index in [1.165, 1.54) is 0 Å². The molecule has 2 aliphatic rings. The summed E-state index contributed by atoms with van der Waals surface area (Å²) >= 11 is 0. The number of carbonyl (C=O) groups excluding carboxylic acids is 2. The Morgan fingerprint density at radius 2 is 1.71 bits per heavy atom. The molecule has 0 bridgehead atoms. The van der Waals surface area contributed by atoms with Crippen LogP contribution in [0.4, 0.5) is 4.79 Å². The number of carbonyl (C=O) groups is 3. The Bertz CT molecular complexity index is 1050. The predicted octanol–water partition coefficient (Wildman–Crippen LogP) is 4.26. The summed E-state index contributed by atoms with van der Waals surface area (Å²) in [4.78, 5) is 39.2. The number of rotatable bonds is 7. The van der Waals surface area contributed by atoms with E-state index < -0.39 is 23.5 Å². The fourth-order valence-corrected chi connectivity index (χ4v) is 4.97. The third-order valence-corrected chi connectivity index (χ3v) is 7.40. The molecule has 2 aromatic rings. The minimum absolute atomic E-state index is 0.0641. The first-order valence-corrected chi connectivity index (χ1v) is 11.9. The number of amides is 2. The molecule has 0 aromatic heterocycles. The molecule has 180 valence electrons. The van der Waals surface area contributed by atoms with Gasteiger partial charge >= 0.3 is 12.1 Å². The molecule has 7 nitrogen and oxygen atoms in total. The fourth-order valence-electron chi connectivity index (χ4n) is 4.97. The fraction of sp³-hybridized carbons (Fsp3) is 0.444. The summed E-state index contributed by atoms with van der Waals surface area (Å²) in [7, 11) is 0. The number of fused-ring (bicyclic) bond motifs is 3. The molecule has 0 saturated carbocycles. The van der Waals surface area contributed by atoms with E-state index in [-0.39, 0.29) is 30.9 Å². The lowest BCUT2D eigenvalue weighted by Crippen LogP contribution is -2.52. The summed E-state index contributed by atoms with van der Waals surface area (Å²) < 4.78 is 5.64. The molecule has 1 fully saturated rings. The molecule has 3 unspecified atom stereocenters. The third-order valence-electron chi connectivity index (χ3n) is 7.40. The molecule has 2 aromatic carbocycles. The van der Waals surface area contributed by atoms with Crippen molar-refractivity contribution in [2.45, 2.75) is 45.6 Å². The maximum Gasteiger partial charge on any atom is 0.407 e. The van der Waals surface area contributed by atoms with Crippen LogP contribution in [-0.4, -0.2) is 53.7 Å². The van der Waals surface area contributed by atoms with E-state index in [1.54, 1.807) is 11.8 Å². The highest BCUT2D eigenvalue weighted by Crippen LogP contribution is 2.44. The predicted molar refractivity (Wildman–Crippen MR) is 128 cm³/mol. The van der Waals surface area contributed by atoms with Crippen LogP contribution in [0.15, 0.2) is 48.5 Å². The van der Waals surface area contributed by atoms with Crippen molar-refractivity contribution in [3.63, 3.8) is 0 Å². The minimum atomic E-state index is -0.959. The Kier molecular flexibility index (Phi) is 6.64. The van der Waals surface area contributed by atoms with Gasteiger partial charge in [0.05, 0.1) is 5.41 Å². The second-order valence-corrected chi connectivity index (χ2v) is 9.71. The molecule has 34 heavy (non-hydrogen) atoms. The lowest BCUT2D eigenvalue weighted by Gasteiger charge is -2.29. The molecule has 0 radical (unpaired) electrons. The Labute approximate surface area is 200 Å². The van der Waals surface area contributed by atoms with Crippen LogP contribution < -0.4 is 5.32 Å². The number of benzene rings is 2. The highest BCUT2D eigenvalue weighted by atomic mass is 16.5. The van der Waals surface area contributed by atoms with Crippen molar-refractivity contribution in [3.05, 3.63) is 59.7 Å². The Hall–Kier alpha value is -3.35. The number of nitrogens with zero attached hydrogens (tertiary/aromatic N) is 1. The van der Waals surface area contributed by atoms with E-state index in [1.807, 2.05) is 38.1 Å². The number of ether oxygens (including phenoxy) is 1. The van der Waals surface area contributed by atoms with Crippen molar-refractivity contribution >= 4 is 18.0 Å². The molecule has 1 aliphatic carbocycles. The minimum Gasteiger partial charge on any atom is -0.481 e. The maximum absolute atomic E-state index is 13.2. The number of alkyl carbamates (subject to hydrolysis) is 1. The number of nitrogens with one attached hydrogen (secondary N) is 1. The summed E-state index contributed by atoms with van der Waals surface area (Å²) in [5, 5.41) is 12.3. The van der Waals surface area contributed by atoms with E-state index >= 15 is 0 Å². The number of aliphatic carboxylic acids is 1. The molecule has 0 spiro atoms. The number of carboxylic acid groups (broad SMARTS) is 1.